The highest BCUT2D eigenvalue weighted by Gasteiger charge is 2.19. The first-order valence-corrected chi connectivity index (χ1v) is 7.91. The lowest BCUT2D eigenvalue weighted by atomic mass is 9.97. The molecule has 0 fully saturated rings. The molecule has 1 aromatic heterocycles. The molecular formula is C19H15N3O5. The second-order valence-corrected chi connectivity index (χ2v) is 5.58. The molecule has 0 aliphatic heterocycles. The maximum absolute atomic E-state index is 12.9. The fourth-order valence-corrected chi connectivity index (χ4v) is 2.65. The third-order valence-corrected chi connectivity index (χ3v) is 3.97. The highest BCUT2D eigenvalue weighted by molar-refractivity contribution is 6.13. The van der Waals surface area contributed by atoms with Crippen LogP contribution in [0, 0.1) is 10.1 Å². The minimum absolute atomic E-state index is 0.0894. The summed E-state index contributed by atoms with van der Waals surface area (Å²) in [7, 11) is 1.26. The van der Waals surface area contributed by atoms with E-state index in [0.29, 0.717) is 27.9 Å². The maximum Gasteiger partial charge on any atom is 0.411 e. The fraction of sp³-hybridized carbons (Fsp3) is 0.0526. The Morgan fingerprint density at radius 2 is 1.74 bits per heavy atom. The summed E-state index contributed by atoms with van der Waals surface area (Å²) in [5.74, 6) is -0.297. The van der Waals surface area contributed by atoms with E-state index in [0.717, 1.165) is 0 Å². The van der Waals surface area contributed by atoms with Gasteiger partial charge in [-0.3, -0.25) is 20.2 Å². The predicted octanol–water partition coefficient (Wildman–Crippen LogP) is 4.00. The Balaban J connectivity index is 1.98. The van der Waals surface area contributed by atoms with E-state index < -0.39 is 11.0 Å². The molecule has 27 heavy (non-hydrogen) atoms. The number of nitrogens with zero attached hydrogens (tertiary/aromatic N) is 1. The molecule has 3 rings (SSSR count). The summed E-state index contributed by atoms with van der Waals surface area (Å²) in [5.41, 5.74) is 2.32. The number of carbonyl (C=O) groups excluding carboxylic acids is 2. The van der Waals surface area contributed by atoms with Crippen molar-refractivity contribution in [1.82, 2.24) is 4.98 Å². The molecule has 0 saturated heterocycles. The van der Waals surface area contributed by atoms with Gasteiger partial charge in [0.25, 0.3) is 5.69 Å². The number of H-pyrrole nitrogens is 1. The number of aromatic amines is 1. The highest BCUT2D eigenvalue weighted by Crippen LogP contribution is 2.32. The van der Waals surface area contributed by atoms with Crippen molar-refractivity contribution in [2.45, 2.75) is 0 Å². The molecule has 0 aliphatic carbocycles. The van der Waals surface area contributed by atoms with E-state index in [4.69, 9.17) is 0 Å². The lowest BCUT2D eigenvalue weighted by Crippen LogP contribution is -2.12. The third-order valence-electron chi connectivity index (χ3n) is 3.97. The van der Waals surface area contributed by atoms with E-state index in [1.165, 1.54) is 31.4 Å². The molecule has 2 aromatic carbocycles. The minimum Gasteiger partial charge on any atom is -0.453 e. The van der Waals surface area contributed by atoms with Crippen LogP contribution >= 0.6 is 0 Å². The average Bonchev–Trinajstić information content (AvgIpc) is 3.17. The van der Waals surface area contributed by atoms with Crippen LogP contribution in [0.2, 0.25) is 0 Å². The molecule has 1 amide bonds. The number of aromatic nitrogens is 1. The summed E-state index contributed by atoms with van der Waals surface area (Å²) < 4.78 is 4.62. The molecule has 8 nitrogen and oxygen atoms in total. The summed E-state index contributed by atoms with van der Waals surface area (Å²) in [6, 6.07) is 12.4. The van der Waals surface area contributed by atoms with Crippen LogP contribution in [0.3, 0.4) is 0 Å². The van der Waals surface area contributed by atoms with Gasteiger partial charge >= 0.3 is 6.09 Å². The number of ether oxygens (including phenoxy) is 1. The van der Waals surface area contributed by atoms with Gasteiger partial charge in [-0.2, -0.15) is 0 Å². The smallest absolute Gasteiger partial charge is 0.411 e. The van der Waals surface area contributed by atoms with Gasteiger partial charge in [-0.25, -0.2) is 4.79 Å². The third kappa shape index (κ3) is 3.69. The van der Waals surface area contributed by atoms with E-state index in [9.17, 15) is 19.7 Å². The van der Waals surface area contributed by atoms with Crippen LogP contribution < -0.4 is 5.32 Å². The van der Waals surface area contributed by atoms with Crippen molar-refractivity contribution < 1.29 is 19.2 Å². The monoisotopic (exact) mass is 365 g/mol. The van der Waals surface area contributed by atoms with Gasteiger partial charge in [0.15, 0.2) is 5.78 Å². The SMILES string of the molecule is COC(=O)Nc1ccccc1-c1c[nH]cc1C(=O)c1ccc([N+](=O)[O-])cc1. The van der Waals surface area contributed by atoms with Crippen molar-refractivity contribution in [3.05, 3.63) is 82.2 Å². The molecule has 8 heteroatoms. The zero-order chi connectivity index (χ0) is 19.4. The van der Waals surface area contributed by atoms with Gasteiger partial charge in [-0.15, -0.1) is 0 Å². The molecule has 2 N–H and O–H groups in total. The number of nitro benzene ring substituents is 1. The van der Waals surface area contributed by atoms with E-state index in [2.05, 4.69) is 15.0 Å². The highest BCUT2D eigenvalue weighted by atomic mass is 16.6. The van der Waals surface area contributed by atoms with Crippen LogP contribution in [0.15, 0.2) is 60.9 Å². The molecule has 0 atom stereocenters. The lowest BCUT2D eigenvalue weighted by Gasteiger charge is -2.11. The lowest BCUT2D eigenvalue weighted by molar-refractivity contribution is -0.384. The predicted molar refractivity (Wildman–Crippen MR) is 98.8 cm³/mol. The van der Waals surface area contributed by atoms with Gasteiger partial charge in [0.05, 0.1) is 17.7 Å². The number of nitro groups is 1. The van der Waals surface area contributed by atoms with E-state index >= 15 is 0 Å². The number of non-ortho nitro benzene ring substituents is 1. The van der Waals surface area contributed by atoms with Gasteiger partial charge in [-0.05, 0) is 18.2 Å². The summed E-state index contributed by atoms with van der Waals surface area (Å²) in [6.07, 6.45) is 2.57. The molecule has 0 radical (unpaired) electrons. The number of hydrogen-bond acceptors (Lipinski definition) is 5. The molecule has 0 aliphatic rings. The zero-order valence-corrected chi connectivity index (χ0v) is 14.3. The summed E-state index contributed by atoms with van der Waals surface area (Å²) in [4.78, 5) is 37.6. The van der Waals surface area contributed by atoms with E-state index in [-0.39, 0.29) is 11.5 Å². The Morgan fingerprint density at radius 3 is 2.41 bits per heavy atom. The van der Waals surface area contributed by atoms with Gasteiger partial charge in [0.2, 0.25) is 0 Å². The van der Waals surface area contributed by atoms with Crippen LogP contribution in [0.5, 0.6) is 0 Å². The Kier molecular flexibility index (Phi) is 4.98. The second-order valence-electron chi connectivity index (χ2n) is 5.58. The number of anilines is 1. The van der Waals surface area contributed by atoms with Crippen molar-refractivity contribution in [2.75, 3.05) is 12.4 Å². The van der Waals surface area contributed by atoms with Crippen LogP contribution in [-0.2, 0) is 4.74 Å². The van der Waals surface area contributed by atoms with Crippen LogP contribution in [0.1, 0.15) is 15.9 Å². The van der Waals surface area contributed by atoms with Crippen molar-refractivity contribution in [3.8, 4) is 11.1 Å². The van der Waals surface area contributed by atoms with Gasteiger partial charge in [0.1, 0.15) is 0 Å². The topological polar surface area (TPSA) is 114 Å². The number of methoxy groups -OCH3 is 1. The quantitative estimate of drug-likeness (QED) is 0.403. The Labute approximate surface area is 153 Å². The van der Waals surface area contributed by atoms with Crippen molar-refractivity contribution >= 4 is 23.3 Å². The molecule has 1 heterocycles. The molecule has 136 valence electrons. The number of hydrogen-bond donors (Lipinski definition) is 2. The maximum atomic E-state index is 12.9. The number of para-hydroxylation sites is 1. The van der Waals surface area contributed by atoms with Crippen molar-refractivity contribution in [3.63, 3.8) is 0 Å². The molecule has 0 spiro atoms. The average molecular weight is 365 g/mol. The minimum atomic E-state index is -0.624. The molecular weight excluding hydrogens is 350 g/mol. The first-order valence-electron chi connectivity index (χ1n) is 7.91. The Hall–Kier alpha value is -3.94. The number of nitrogens with one attached hydrogen (secondary N) is 2. The molecule has 3 aromatic rings. The number of ketones is 1. The van der Waals surface area contributed by atoms with E-state index in [1.807, 2.05) is 0 Å². The number of carbonyl (C=O) groups is 2. The number of amides is 1. The molecule has 0 saturated carbocycles. The fourth-order valence-electron chi connectivity index (χ4n) is 2.65. The normalized spacial score (nSPS) is 10.3. The first kappa shape index (κ1) is 17.9. The Bertz CT molecular complexity index is 1010. The number of benzene rings is 2. The molecule has 0 unspecified atom stereocenters. The summed E-state index contributed by atoms with van der Waals surface area (Å²) >= 11 is 0. The largest absolute Gasteiger partial charge is 0.453 e. The van der Waals surface area contributed by atoms with Gasteiger partial charge < -0.3 is 9.72 Å². The van der Waals surface area contributed by atoms with Crippen LogP contribution in [0.4, 0.5) is 16.2 Å². The second kappa shape index (κ2) is 7.52. The van der Waals surface area contributed by atoms with Gasteiger partial charge in [-0.1, -0.05) is 18.2 Å². The standard InChI is InChI=1S/C19H15N3O5/c1-27-19(24)21-17-5-3-2-4-14(17)15-10-20-11-16(15)18(23)12-6-8-13(9-7-12)22(25)26/h2-11,20H,1H3,(H,21,24). The summed E-state index contributed by atoms with van der Waals surface area (Å²) in [5, 5.41) is 13.4. The van der Waals surface area contributed by atoms with Crippen LogP contribution in [0.25, 0.3) is 11.1 Å². The van der Waals surface area contributed by atoms with Gasteiger partial charge in [0, 0.05) is 46.8 Å². The van der Waals surface area contributed by atoms with Crippen molar-refractivity contribution in [1.29, 1.82) is 0 Å². The Morgan fingerprint density at radius 1 is 1.04 bits per heavy atom. The van der Waals surface area contributed by atoms with E-state index in [1.54, 1.807) is 36.7 Å². The molecule has 0 bridgehead atoms. The zero-order valence-electron chi connectivity index (χ0n) is 14.3. The van der Waals surface area contributed by atoms with Crippen LogP contribution in [-0.4, -0.2) is 28.9 Å². The first-order chi connectivity index (χ1) is 13.0. The summed E-state index contributed by atoms with van der Waals surface area (Å²) in [6.45, 7) is 0. The van der Waals surface area contributed by atoms with Crippen molar-refractivity contribution in [2.24, 2.45) is 0 Å². The number of rotatable bonds is 5.